The first kappa shape index (κ1) is 17.4. The molecule has 0 bridgehead atoms. The summed E-state index contributed by atoms with van der Waals surface area (Å²) in [5.41, 5.74) is 3.25. The molecular formula is C19H20N2O3S. The number of benzene rings is 2. The van der Waals surface area contributed by atoms with E-state index in [1.165, 1.54) is 0 Å². The Labute approximate surface area is 146 Å². The van der Waals surface area contributed by atoms with Crippen molar-refractivity contribution in [3.63, 3.8) is 0 Å². The molecule has 2 aromatic carbocycles. The highest BCUT2D eigenvalue weighted by Crippen LogP contribution is 2.15. The monoisotopic (exact) mass is 356 g/mol. The largest absolute Gasteiger partial charge is 0.322 e. The van der Waals surface area contributed by atoms with Gasteiger partial charge in [0.05, 0.1) is 4.90 Å². The molecule has 0 aliphatic carbocycles. The maximum absolute atomic E-state index is 12.3. The van der Waals surface area contributed by atoms with Crippen molar-refractivity contribution in [1.82, 2.24) is 9.71 Å². The fourth-order valence-electron chi connectivity index (χ4n) is 2.72. The zero-order valence-electron chi connectivity index (χ0n) is 14.2. The average molecular weight is 356 g/mol. The van der Waals surface area contributed by atoms with Crippen LogP contribution in [0.3, 0.4) is 0 Å². The van der Waals surface area contributed by atoms with Crippen molar-refractivity contribution < 1.29 is 8.42 Å². The molecule has 3 rings (SSSR count). The van der Waals surface area contributed by atoms with E-state index in [-0.39, 0.29) is 10.5 Å². The number of H-pyrrole nitrogens is 1. The molecule has 130 valence electrons. The number of aromatic nitrogens is 1. The molecule has 5 nitrogen and oxygen atoms in total. The Balaban J connectivity index is 1.72. The minimum atomic E-state index is -3.51. The fraction of sp³-hybridized carbons (Fsp3) is 0.211. The molecule has 6 heteroatoms. The van der Waals surface area contributed by atoms with Crippen LogP contribution in [0.1, 0.15) is 16.7 Å². The third-order valence-corrected chi connectivity index (χ3v) is 5.56. The topological polar surface area (TPSA) is 79.0 Å². The van der Waals surface area contributed by atoms with Crippen LogP contribution in [0.5, 0.6) is 0 Å². The van der Waals surface area contributed by atoms with Gasteiger partial charge < -0.3 is 4.98 Å². The normalized spacial score (nSPS) is 11.8. The second-order valence-corrected chi connectivity index (χ2v) is 7.93. The molecule has 0 aliphatic rings. The molecule has 0 amide bonds. The predicted molar refractivity (Wildman–Crippen MR) is 99.4 cm³/mol. The summed E-state index contributed by atoms with van der Waals surface area (Å²) in [6, 6.07) is 14.4. The molecule has 2 N–H and O–H groups in total. The zero-order chi connectivity index (χ0) is 18.0. The van der Waals surface area contributed by atoms with Crippen LogP contribution < -0.4 is 10.3 Å². The van der Waals surface area contributed by atoms with Crippen molar-refractivity contribution in [2.75, 3.05) is 6.54 Å². The third-order valence-electron chi connectivity index (χ3n) is 4.10. The maximum Gasteiger partial charge on any atom is 0.251 e. The Morgan fingerprint density at radius 1 is 1.04 bits per heavy atom. The van der Waals surface area contributed by atoms with Gasteiger partial charge in [-0.15, -0.1) is 0 Å². The Hall–Kier alpha value is -2.44. The van der Waals surface area contributed by atoms with Gasteiger partial charge in [0.2, 0.25) is 10.0 Å². The molecule has 0 unspecified atom stereocenters. The van der Waals surface area contributed by atoms with Gasteiger partial charge in [0.25, 0.3) is 5.56 Å². The van der Waals surface area contributed by atoms with Crippen LogP contribution in [0, 0.1) is 13.8 Å². The van der Waals surface area contributed by atoms with Gasteiger partial charge in [-0.05, 0) is 67.1 Å². The standard InChI is InChI=1S/C19H20N2O3S/c1-13-4-3-5-17(10-13)25(23,24)20-9-8-15-6-7-18-16(12-15)11-14(2)19(22)21-18/h3-7,10-12,20H,8-9H2,1-2H3,(H,21,22). The molecule has 0 saturated heterocycles. The van der Waals surface area contributed by atoms with E-state index in [1.807, 2.05) is 37.3 Å². The van der Waals surface area contributed by atoms with Crippen LogP contribution >= 0.6 is 0 Å². The summed E-state index contributed by atoms with van der Waals surface area (Å²) in [4.78, 5) is 14.7. The van der Waals surface area contributed by atoms with E-state index < -0.39 is 10.0 Å². The van der Waals surface area contributed by atoms with Crippen molar-refractivity contribution >= 4 is 20.9 Å². The summed E-state index contributed by atoms with van der Waals surface area (Å²) in [6.45, 7) is 3.94. The minimum Gasteiger partial charge on any atom is -0.322 e. The van der Waals surface area contributed by atoms with Crippen molar-refractivity contribution in [3.05, 3.63) is 75.6 Å². The number of pyridine rings is 1. The Morgan fingerprint density at radius 2 is 1.84 bits per heavy atom. The summed E-state index contributed by atoms with van der Waals surface area (Å²) in [5.74, 6) is 0. The Bertz CT molecular complexity index is 1090. The van der Waals surface area contributed by atoms with Gasteiger partial charge in [0.15, 0.2) is 0 Å². The molecule has 0 aliphatic heterocycles. The van der Waals surface area contributed by atoms with Gasteiger partial charge in [-0.2, -0.15) is 0 Å². The third kappa shape index (κ3) is 3.97. The highest BCUT2D eigenvalue weighted by molar-refractivity contribution is 7.89. The van der Waals surface area contributed by atoms with Crippen molar-refractivity contribution in [2.24, 2.45) is 0 Å². The molecule has 1 aromatic heterocycles. The Kier molecular flexibility index (Phi) is 4.74. The predicted octanol–water partition coefficient (Wildman–Crippen LogP) is 2.67. The first-order valence-corrected chi connectivity index (χ1v) is 9.52. The number of fused-ring (bicyclic) bond motifs is 1. The number of aryl methyl sites for hydroxylation is 2. The van der Waals surface area contributed by atoms with Gasteiger partial charge in [0.1, 0.15) is 0 Å². The number of hydrogen-bond donors (Lipinski definition) is 2. The van der Waals surface area contributed by atoms with Crippen LogP contribution in [0.25, 0.3) is 10.9 Å². The zero-order valence-corrected chi connectivity index (χ0v) is 15.0. The Morgan fingerprint density at radius 3 is 2.60 bits per heavy atom. The molecule has 0 atom stereocenters. The van der Waals surface area contributed by atoms with Crippen molar-refractivity contribution in [2.45, 2.75) is 25.2 Å². The first-order chi connectivity index (χ1) is 11.8. The van der Waals surface area contributed by atoms with Gasteiger partial charge in [0, 0.05) is 17.6 Å². The summed E-state index contributed by atoms with van der Waals surface area (Å²) >= 11 is 0. The number of sulfonamides is 1. The van der Waals surface area contributed by atoms with E-state index in [0.717, 1.165) is 22.0 Å². The van der Waals surface area contributed by atoms with Crippen LogP contribution in [0.2, 0.25) is 0 Å². The highest BCUT2D eigenvalue weighted by atomic mass is 32.2. The van der Waals surface area contributed by atoms with E-state index in [0.29, 0.717) is 18.5 Å². The second kappa shape index (κ2) is 6.82. The minimum absolute atomic E-state index is 0.0915. The summed E-state index contributed by atoms with van der Waals surface area (Å²) < 4.78 is 27.3. The van der Waals surface area contributed by atoms with Crippen LogP contribution in [-0.4, -0.2) is 19.9 Å². The molecule has 0 saturated carbocycles. The second-order valence-electron chi connectivity index (χ2n) is 6.17. The van der Waals surface area contributed by atoms with E-state index in [1.54, 1.807) is 25.1 Å². The van der Waals surface area contributed by atoms with Crippen LogP contribution in [0.15, 0.2) is 58.2 Å². The van der Waals surface area contributed by atoms with E-state index in [9.17, 15) is 13.2 Å². The number of rotatable bonds is 5. The molecular weight excluding hydrogens is 336 g/mol. The van der Waals surface area contributed by atoms with E-state index in [4.69, 9.17) is 0 Å². The van der Waals surface area contributed by atoms with E-state index >= 15 is 0 Å². The van der Waals surface area contributed by atoms with Gasteiger partial charge in [-0.25, -0.2) is 13.1 Å². The molecule has 1 heterocycles. The van der Waals surface area contributed by atoms with Crippen molar-refractivity contribution in [1.29, 1.82) is 0 Å². The summed E-state index contributed by atoms with van der Waals surface area (Å²) in [5, 5.41) is 0.941. The molecule has 0 fully saturated rings. The summed E-state index contributed by atoms with van der Waals surface area (Å²) in [6.07, 6.45) is 0.569. The maximum atomic E-state index is 12.3. The quantitative estimate of drug-likeness (QED) is 0.738. The highest BCUT2D eigenvalue weighted by Gasteiger charge is 2.13. The summed E-state index contributed by atoms with van der Waals surface area (Å²) in [7, 11) is -3.51. The average Bonchev–Trinajstić information content (AvgIpc) is 2.56. The number of nitrogens with one attached hydrogen (secondary N) is 2. The molecule has 25 heavy (non-hydrogen) atoms. The van der Waals surface area contributed by atoms with E-state index in [2.05, 4.69) is 9.71 Å². The lowest BCUT2D eigenvalue weighted by Crippen LogP contribution is -2.26. The first-order valence-electron chi connectivity index (χ1n) is 8.04. The van der Waals surface area contributed by atoms with Crippen molar-refractivity contribution in [3.8, 4) is 0 Å². The lowest BCUT2D eigenvalue weighted by molar-refractivity contribution is 0.581. The van der Waals surface area contributed by atoms with Crippen LogP contribution in [0.4, 0.5) is 0 Å². The fourth-order valence-corrected chi connectivity index (χ4v) is 3.85. The molecule has 0 radical (unpaired) electrons. The van der Waals surface area contributed by atoms with Gasteiger partial charge >= 0.3 is 0 Å². The number of hydrogen-bond acceptors (Lipinski definition) is 3. The smallest absolute Gasteiger partial charge is 0.251 e. The van der Waals surface area contributed by atoms with Crippen LogP contribution in [-0.2, 0) is 16.4 Å². The molecule has 3 aromatic rings. The molecule has 0 spiro atoms. The van der Waals surface area contributed by atoms with Gasteiger partial charge in [-0.1, -0.05) is 18.2 Å². The van der Waals surface area contributed by atoms with Gasteiger partial charge in [-0.3, -0.25) is 4.79 Å². The lowest BCUT2D eigenvalue weighted by atomic mass is 10.1. The number of aromatic amines is 1. The SMILES string of the molecule is Cc1cccc(S(=O)(=O)NCCc2ccc3[nH]c(=O)c(C)cc3c2)c1. The lowest BCUT2D eigenvalue weighted by Gasteiger charge is -2.08.